The molecule has 3 aromatic rings. The minimum atomic E-state index is -0.962. The van der Waals surface area contributed by atoms with E-state index < -0.39 is 22.6 Å². The van der Waals surface area contributed by atoms with Gasteiger partial charge < -0.3 is 0 Å². The number of rotatable bonds is 2. The Balaban J connectivity index is 1.51. The fourth-order valence-electron chi connectivity index (χ4n) is 5.27. The van der Waals surface area contributed by atoms with E-state index in [-0.39, 0.29) is 17.4 Å². The van der Waals surface area contributed by atoms with Crippen molar-refractivity contribution in [2.45, 2.75) is 38.0 Å². The van der Waals surface area contributed by atoms with Crippen LogP contribution in [0.25, 0.3) is 11.0 Å². The summed E-state index contributed by atoms with van der Waals surface area (Å²) in [5, 5.41) is 0.757. The van der Waals surface area contributed by atoms with E-state index in [9.17, 15) is 14.0 Å². The number of hydrazine groups is 1. The summed E-state index contributed by atoms with van der Waals surface area (Å²) in [6.45, 7) is 4.06. The molecule has 2 aliphatic carbocycles. The summed E-state index contributed by atoms with van der Waals surface area (Å²) in [4.78, 5) is 35.6. The molecule has 2 bridgehead atoms. The number of hydrogen-bond acceptors (Lipinski definition) is 4. The molecule has 0 radical (unpaired) electrons. The zero-order chi connectivity index (χ0) is 22.8. The molecule has 32 heavy (non-hydrogen) atoms. The lowest BCUT2D eigenvalue weighted by Gasteiger charge is -2.36. The Hall–Kier alpha value is -2.77. The fraction of sp³-hybridized carbons (Fsp3) is 0.304. The van der Waals surface area contributed by atoms with Gasteiger partial charge in [-0.25, -0.2) is 14.4 Å². The molecule has 2 aromatic carbocycles. The molecule has 2 N–H and O–H groups in total. The first-order valence-electron chi connectivity index (χ1n) is 10.2. The van der Waals surface area contributed by atoms with E-state index in [0.29, 0.717) is 33.2 Å². The van der Waals surface area contributed by atoms with Crippen LogP contribution in [0.15, 0.2) is 36.4 Å². The first-order chi connectivity index (χ1) is 15.1. The molecule has 6 nitrogen and oxygen atoms in total. The van der Waals surface area contributed by atoms with Crippen LogP contribution >= 0.6 is 23.2 Å². The second-order valence-corrected chi connectivity index (χ2v) is 9.66. The lowest BCUT2D eigenvalue weighted by molar-refractivity contribution is -0.130. The monoisotopic (exact) mass is 472 g/mol. The smallest absolute Gasteiger partial charge is 0.269 e. The lowest BCUT2D eigenvalue weighted by Crippen LogP contribution is -2.54. The molecule has 2 unspecified atom stereocenters. The zero-order valence-corrected chi connectivity index (χ0v) is 18.8. The number of nitrogens with zero attached hydrogens (tertiary/aromatic N) is 2. The van der Waals surface area contributed by atoms with E-state index in [0.717, 1.165) is 12.1 Å². The van der Waals surface area contributed by atoms with Crippen molar-refractivity contribution >= 4 is 46.0 Å². The molecule has 2 atom stereocenters. The van der Waals surface area contributed by atoms with Gasteiger partial charge in [0.05, 0.1) is 32.5 Å². The average Bonchev–Trinajstić information content (AvgIpc) is 3.13. The highest BCUT2D eigenvalue weighted by Gasteiger charge is 2.68. The molecule has 0 aliphatic heterocycles. The number of benzene rings is 2. The van der Waals surface area contributed by atoms with Crippen molar-refractivity contribution in [1.29, 1.82) is 0 Å². The van der Waals surface area contributed by atoms with E-state index in [1.807, 2.05) is 13.8 Å². The maximum Gasteiger partial charge on any atom is 0.269 e. The summed E-state index contributed by atoms with van der Waals surface area (Å²) >= 11 is 12.3. The number of aromatic nitrogens is 2. The number of fused-ring (bicyclic) bond motifs is 6. The molecule has 0 spiro atoms. The van der Waals surface area contributed by atoms with Gasteiger partial charge in [-0.1, -0.05) is 37.0 Å². The first-order valence-corrected chi connectivity index (χ1v) is 10.9. The zero-order valence-electron chi connectivity index (χ0n) is 17.3. The third-order valence-electron chi connectivity index (χ3n) is 7.03. The Morgan fingerprint density at radius 3 is 2.31 bits per heavy atom. The molecule has 2 amide bonds. The van der Waals surface area contributed by atoms with Gasteiger partial charge in [0.15, 0.2) is 0 Å². The van der Waals surface area contributed by atoms with Crippen LogP contribution in [0.3, 0.4) is 0 Å². The summed E-state index contributed by atoms with van der Waals surface area (Å²) in [5.74, 6) is -1.29. The maximum atomic E-state index is 13.5. The van der Waals surface area contributed by atoms with Crippen molar-refractivity contribution in [2.75, 3.05) is 0 Å². The Morgan fingerprint density at radius 1 is 1.03 bits per heavy atom. The lowest BCUT2D eigenvalue weighted by atomic mass is 9.68. The summed E-state index contributed by atoms with van der Waals surface area (Å²) in [5.41, 5.74) is 6.40. The van der Waals surface area contributed by atoms with Gasteiger partial charge in [0.2, 0.25) is 0 Å². The van der Waals surface area contributed by atoms with Crippen LogP contribution in [0.4, 0.5) is 4.39 Å². The van der Waals surface area contributed by atoms with Gasteiger partial charge in [-0.2, -0.15) is 0 Å². The van der Waals surface area contributed by atoms with Crippen LogP contribution in [-0.4, -0.2) is 21.8 Å². The van der Waals surface area contributed by atoms with Gasteiger partial charge in [-0.15, -0.1) is 0 Å². The fourth-order valence-corrected chi connectivity index (χ4v) is 5.59. The predicted molar refractivity (Wildman–Crippen MR) is 119 cm³/mol. The highest BCUT2D eigenvalue weighted by atomic mass is 35.5. The van der Waals surface area contributed by atoms with E-state index >= 15 is 0 Å². The summed E-state index contributed by atoms with van der Waals surface area (Å²) in [6, 6.07) is 8.40. The van der Waals surface area contributed by atoms with Crippen LogP contribution in [0.1, 0.15) is 54.4 Å². The first kappa shape index (κ1) is 21.1. The largest absolute Gasteiger partial charge is 0.272 e. The van der Waals surface area contributed by atoms with Crippen molar-refractivity contribution < 1.29 is 14.0 Å². The van der Waals surface area contributed by atoms with E-state index in [1.54, 1.807) is 12.1 Å². The predicted octanol–water partition coefficient (Wildman–Crippen LogP) is 4.69. The number of amides is 2. The molecule has 0 saturated heterocycles. The summed E-state index contributed by atoms with van der Waals surface area (Å²) in [7, 11) is 0. The SMILES string of the molecule is CC1(C)C2CCC1(C(=O)NNC(=O)c1ccc(F)cc1)c1nc3cc(Cl)c(Cl)cc3nc12. The molecular formula is C23H19Cl2FN4O2. The van der Waals surface area contributed by atoms with Gasteiger partial charge in [-0.3, -0.25) is 20.4 Å². The standard InChI is InChI=1S/C23H19Cl2FN4O2/c1-22(2)13-7-8-23(22,21(32)30-29-20(31)11-3-5-12(26)6-4-11)19-18(13)27-16-9-14(24)15(25)10-17(16)28-19/h3-6,9-10,13H,7-8H2,1-2H3,(H,29,31)(H,30,32). The second kappa shape index (κ2) is 7.12. The van der Waals surface area contributed by atoms with E-state index in [2.05, 4.69) is 10.9 Å². The molecule has 1 heterocycles. The maximum absolute atomic E-state index is 13.5. The third-order valence-corrected chi connectivity index (χ3v) is 7.75. The topological polar surface area (TPSA) is 84.0 Å². The Kier molecular flexibility index (Phi) is 4.69. The van der Waals surface area contributed by atoms with Crippen LogP contribution < -0.4 is 10.9 Å². The molecule has 5 rings (SSSR count). The Labute approximate surface area is 193 Å². The van der Waals surface area contributed by atoms with E-state index in [1.165, 1.54) is 24.3 Å². The number of carbonyl (C=O) groups is 2. The minimum absolute atomic E-state index is 0.0439. The van der Waals surface area contributed by atoms with E-state index in [4.69, 9.17) is 33.2 Å². The van der Waals surface area contributed by atoms with Gasteiger partial charge in [-0.05, 0) is 54.7 Å². The van der Waals surface area contributed by atoms with Gasteiger partial charge in [0.25, 0.3) is 11.8 Å². The number of nitrogens with one attached hydrogen (secondary N) is 2. The number of halogens is 3. The van der Waals surface area contributed by atoms with Gasteiger partial charge >= 0.3 is 0 Å². The highest BCUT2D eigenvalue weighted by Crippen LogP contribution is 2.67. The van der Waals surface area contributed by atoms with Crippen LogP contribution in [0, 0.1) is 11.2 Å². The minimum Gasteiger partial charge on any atom is -0.272 e. The molecule has 1 aromatic heterocycles. The molecular weight excluding hydrogens is 454 g/mol. The Morgan fingerprint density at radius 2 is 1.66 bits per heavy atom. The third kappa shape index (κ3) is 2.84. The van der Waals surface area contributed by atoms with Crippen LogP contribution in [0.2, 0.25) is 10.0 Å². The van der Waals surface area contributed by atoms with Gasteiger partial charge in [0.1, 0.15) is 11.2 Å². The average molecular weight is 473 g/mol. The quantitative estimate of drug-likeness (QED) is 0.529. The Bertz CT molecular complexity index is 1300. The van der Waals surface area contributed by atoms with Crippen molar-refractivity contribution in [3.05, 3.63) is 69.2 Å². The van der Waals surface area contributed by atoms with Crippen LogP contribution in [0.5, 0.6) is 0 Å². The van der Waals surface area contributed by atoms with Crippen molar-refractivity contribution in [2.24, 2.45) is 5.41 Å². The van der Waals surface area contributed by atoms with Crippen molar-refractivity contribution in [1.82, 2.24) is 20.8 Å². The van der Waals surface area contributed by atoms with Gasteiger partial charge in [0, 0.05) is 11.5 Å². The molecule has 164 valence electrons. The summed E-state index contributed by atoms with van der Waals surface area (Å²) < 4.78 is 13.1. The second-order valence-electron chi connectivity index (χ2n) is 8.85. The molecule has 2 aliphatic rings. The highest BCUT2D eigenvalue weighted by molar-refractivity contribution is 6.42. The summed E-state index contributed by atoms with van der Waals surface area (Å²) in [6.07, 6.45) is 1.36. The van der Waals surface area contributed by atoms with Crippen molar-refractivity contribution in [3.8, 4) is 0 Å². The molecule has 1 saturated carbocycles. The normalized spacial score (nSPS) is 22.6. The molecule has 1 fully saturated rings. The van der Waals surface area contributed by atoms with Crippen molar-refractivity contribution in [3.63, 3.8) is 0 Å². The number of carbonyl (C=O) groups excluding carboxylic acids is 2. The number of hydrogen-bond donors (Lipinski definition) is 2. The van der Waals surface area contributed by atoms with Crippen LogP contribution in [-0.2, 0) is 10.2 Å². The molecule has 9 heteroatoms.